The average Bonchev–Trinajstić information content (AvgIpc) is 3.21. The molecule has 0 fully saturated rings. The van der Waals surface area contributed by atoms with Crippen LogP contribution >= 0.6 is 11.3 Å². The number of carbonyl (C=O) groups is 1. The van der Waals surface area contributed by atoms with Gasteiger partial charge in [-0.1, -0.05) is 42.5 Å². The first-order valence-electron chi connectivity index (χ1n) is 9.22. The molecule has 0 bridgehead atoms. The zero-order valence-corrected chi connectivity index (χ0v) is 16.7. The van der Waals surface area contributed by atoms with Crippen molar-refractivity contribution in [3.8, 4) is 5.75 Å². The van der Waals surface area contributed by atoms with Crippen LogP contribution in [0.3, 0.4) is 0 Å². The highest BCUT2D eigenvalue weighted by Gasteiger charge is 2.11. The Labute approximate surface area is 169 Å². The Hall–Kier alpha value is -2.70. The van der Waals surface area contributed by atoms with Crippen LogP contribution in [0.25, 0.3) is 0 Å². The monoisotopic (exact) mass is 396 g/mol. The van der Waals surface area contributed by atoms with E-state index in [9.17, 15) is 4.79 Å². The lowest BCUT2D eigenvalue weighted by atomic mass is 10.1. The second-order valence-corrected chi connectivity index (χ2v) is 7.23. The minimum atomic E-state index is -0.159. The van der Waals surface area contributed by atoms with Gasteiger partial charge >= 0.3 is 0 Å². The normalized spacial score (nSPS) is 10.6. The van der Waals surface area contributed by atoms with E-state index < -0.39 is 0 Å². The summed E-state index contributed by atoms with van der Waals surface area (Å²) >= 11 is 1.53. The first-order chi connectivity index (χ1) is 13.7. The highest BCUT2D eigenvalue weighted by Crippen LogP contribution is 2.15. The molecule has 0 spiro atoms. The van der Waals surface area contributed by atoms with Gasteiger partial charge in [0.15, 0.2) is 0 Å². The van der Waals surface area contributed by atoms with Crippen molar-refractivity contribution < 1.29 is 14.3 Å². The van der Waals surface area contributed by atoms with Gasteiger partial charge in [0, 0.05) is 25.5 Å². The summed E-state index contributed by atoms with van der Waals surface area (Å²) in [4.78, 5) is 16.9. The third kappa shape index (κ3) is 6.18. The maximum atomic E-state index is 12.4. The number of aryl methyl sites for hydroxylation is 2. The summed E-state index contributed by atoms with van der Waals surface area (Å²) in [6.45, 7) is 1.46. The summed E-state index contributed by atoms with van der Waals surface area (Å²) < 4.78 is 10.6. The quantitative estimate of drug-likeness (QED) is 0.528. The highest BCUT2D eigenvalue weighted by molar-refractivity contribution is 7.09. The van der Waals surface area contributed by atoms with Crippen molar-refractivity contribution in [3.05, 3.63) is 81.8 Å². The molecule has 1 aromatic heterocycles. The van der Waals surface area contributed by atoms with Crippen LogP contribution in [-0.2, 0) is 24.1 Å². The number of ether oxygens (including phenoxy) is 2. The number of carbonyl (C=O) groups excluding carboxylic acids is 1. The van der Waals surface area contributed by atoms with Gasteiger partial charge in [0.25, 0.3) is 5.91 Å². The molecule has 3 rings (SSSR count). The van der Waals surface area contributed by atoms with Crippen LogP contribution in [0.1, 0.15) is 26.6 Å². The van der Waals surface area contributed by atoms with E-state index in [2.05, 4.69) is 22.4 Å². The number of hydrogen-bond acceptors (Lipinski definition) is 5. The number of hydrogen-bond donors (Lipinski definition) is 1. The van der Waals surface area contributed by atoms with Gasteiger partial charge < -0.3 is 14.8 Å². The van der Waals surface area contributed by atoms with Crippen molar-refractivity contribution in [1.82, 2.24) is 10.3 Å². The van der Waals surface area contributed by atoms with Gasteiger partial charge in [-0.3, -0.25) is 4.79 Å². The summed E-state index contributed by atoms with van der Waals surface area (Å²) in [5, 5.41) is 5.72. The third-order valence-electron chi connectivity index (χ3n) is 4.16. The summed E-state index contributed by atoms with van der Waals surface area (Å²) in [6, 6.07) is 18.0. The minimum Gasteiger partial charge on any atom is -0.491 e. The van der Waals surface area contributed by atoms with Gasteiger partial charge in [0.2, 0.25) is 0 Å². The third-order valence-corrected chi connectivity index (χ3v) is 5.07. The summed E-state index contributed by atoms with van der Waals surface area (Å²) in [7, 11) is 1.64. The number of benzene rings is 2. The Morgan fingerprint density at radius 1 is 1.04 bits per heavy atom. The van der Waals surface area contributed by atoms with E-state index in [1.807, 2.05) is 47.8 Å². The standard InChI is InChI=1S/C22H24N2O3S/c1-26-12-13-27-19-9-5-8-18(14-19)15-23-22(25)20-16-28-21(24-20)11-10-17-6-3-2-4-7-17/h2-9,14,16H,10-13,15H2,1H3,(H,23,25). The van der Waals surface area contributed by atoms with Crippen LogP contribution in [0.15, 0.2) is 60.0 Å². The average molecular weight is 397 g/mol. The van der Waals surface area contributed by atoms with E-state index in [-0.39, 0.29) is 5.91 Å². The van der Waals surface area contributed by atoms with Crippen molar-refractivity contribution in [2.45, 2.75) is 19.4 Å². The van der Waals surface area contributed by atoms with Crippen LogP contribution in [0.5, 0.6) is 5.75 Å². The number of thiazole rings is 1. The summed E-state index contributed by atoms with van der Waals surface area (Å²) in [5.41, 5.74) is 2.72. The predicted molar refractivity (Wildman–Crippen MR) is 111 cm³/mol. The van der Waals surface area contributed by atoms with E-state index in [1.54, 1.807) is 7.11 Å². The van der Waals surface area contributed by atoms with E-state index in [0.717, 1.165) is 29.2 Å². The molecule has 0 radical (unpaired) electrons. The molecular formula is C22H24N2O3S. The molecular weight excluding hydrogens is 372 g/mol. The van der Waals surface area contributed by atoms with Crippen molar-refractivity contribution in [2.75, 3.05) is 20.3 Å². The molecule has 0 saturated carbocycles. The first kappa shape index (κ1) is 20.0. The molecule has 1 heterocycles. The molecule has 0 saturated heterocycles. The molecule has 1 amide bonds. The Bertz CT molecular complexity index is 880. The number of methoxy groups -OCH3 is 1. The highest BCUT2D eigenvalue weighted by atomic mass is 32.1. The van der Waals surface area contributed by atoms with Gasteiger partial charge in [0.1, 0.15) is 18.1 Å². The minimum absolute atomic E-state index is 0.159. The van der Waals surface area contributed by atoms with Gasteiger partial charge in [-0.15, -0.1) is 11.3 Å². The summed E-state index contributed by atoms with van der Waals surface area (Å²) in [6.07, 6.45) is 1.76. The molecule has 1 N–H and O–H groups in total. The number of rotatable bonds is 10. The smallest absolute Gasteiger partial charge is 0.271 e. The lowest BCUT2D eigenvalue weighted by Gasteiger charge is -2.08. The maximum Gasteiger partial charge on any atom is 0.271 e. The van der Waals surface area contributed by atoms with Crippen LogP contribution < -0.4 is 10.1 Å². The van der Waals surface area contributed by atoms with E-state index in [4.69, 9.17) is 9.47 Å². The predicted octanol–water partition coefficient (Wildman–Crippen LogP) is 3.88. The SMILES string of the molecule is COCCOc1cccc(CNC(=O)c2csc(CCc3ccccc3)n2)c1. The molecule has 0 unspecified atom stereocenters. The number of nitrogens with one attached hydrogen (secondary N) is 1. The fraction of sp³-hybridized carbons (Fsp3) is 0.273. The second kappa shape index (κ2) is 10.6. The molecule has 0 aliphatic heterocycles. The molecule has 0 atom stereocenters. The molecule has 2 aromatic carbocycles. The zero-order valence-electron chi connectivity index (χ0n) is 15.9. The topological polar surface area (TPSA) is 60.5 Å². The molecule has 28 heavy (non-hydrogen) atoms. The van der Waals surface area contributed by atoms with Gasteiger partial charge in [-0.05, 0) is 29.7 Å². The van der Waals surface area contributed by atoms with Crippen molar-refractivity contribution in [1.29, 1.82) is 0 Å². The van der Waals surface area contributed by atoms with Gasteiger partial charge in [-0.2, -0.15) is 0 Å². The van der Waals surface area contributed by atoms with Gasteiger partial charge in [0.05, 0.1) is 11.6 Å². The lowest BCUT2D eigenvalue weighted by Crippen LogP contribution is -2.23. The van der Waals surface area contributed by atoms with Crippen molar-refractivity contribution in [3.63, 3.8) is 0 Å². The Morgan fingerprint density at radius 2 is 1.86 bits per heavy atom. The molecule has 3 aromatic rings. The first-order valence-corrected chi connectivity index (χ1v) is 10.1. The molecule has 6 heteroatoms. The summed E-state index contributed by atoms with van der Waals surface area (Å²) in [5.74, 6) is 0.605. The zero-order chi connectivity index (χ0) is 19.6. The lowest BCUT2D eigenvalue weighted by molar-refractivity contribution is 0.0946. The van der Waals surface area contributed by atoms with Crippen molar-refractivity contribution in [2.24, 2.45) is 0 Å². The number of amides is 1. The Balaban J connectivity index is 1.48. The molecule has 0 aliphatic rings. The molecule has 0 aliphatic carbocycles. The van der Waals surface area contributed by atoms with Crippen LogP contribution in [0, 0.1) is 0 Å². The Kier molecular flexibility index (Phi) is 7.58. The number of aromatic nitrogens is 1. The molecule has 146 valence electrons. The van der Waals surface area contributed by atoms with E-state index >= 15 is 0 Å². The van der Waals surface area contributed by atoms with Crippen LogP contribution in [0.2, 0.25) is 0 Å². The van der Waals surface area contributed by atoms with Crippen LogP contribution in [0.4, 0.5) is 0 Å². The van der Waals surface area contributed by atoms with Crippen LogP contribution in [-0.4, -0.2) is 31.2 Å². The van der Waals surface area contributed by atoms with E-state index in [0.29, 0.717) is 25.5 Å². The fourth-order valence-electron chi connectivity index (χ4n) is 2.69. The maximum absolute atomic E-state index is 12.4. The largest absolute Gasteiger partial charge is 0.491 e. The molecule has 5 nitrogen and oxygen atoms in total. The van der Waals surface area contributed by atoms with E-state index in [1.165, 1.54) is 16.9 Å². The Morgan fingerprint density at radius 3 is 2.68 bits per heavy atom. The van der Waals surface area contributed by atoms with Gasteiger partial charge in [-0.25, -0.2) is 4.98 Å². The van der Waals surface area contributed by atoms with Crippen molar-refractivity contribution >= 4 is 17.2 Å². The fourth-order valence-corrected chi connectivity index (χ4v) is 3.47. The second-order valence-electron chi connectivity index (χ2n) is 6.28. The number of nitrogens with zero attached hydrogens (tertiary/aromatic N) is 1.